The van der Waals surface area contributed by atoms with Gasteiger partial charge < -0.3 is 5.32 Å². The van der Waals surface area contributed by atoms with E-state index in [0.29, 0.717) is 5.56 Å². The minimum absolute atomic E-state index is 0.138. The molecule has 0 spiro atoms. The Bertz CT molecular complexity index is 756. The second kappa shape index (κ2) is 7.34. The molecule has 1 heterocycles. The van der Waals surface area contributed by atoms with Crippen molar-refractivity contribution in [2.24, 2.45) is 0 Å². The maximum atomic E-state index is 12.1. The fraction of sp³-hybridized carbons (Fsp3) is 0.357. The molecule has 0 radical (unpaired) electrons. The van der Waals surface area contributed by atoms with Crippen LogP contribution in [0.2, 0.25) is 0 Å². The van der Waals surface area contributed by atoms with Crippen LogP contribution in [0.25, 0.3) is 0 Å². The first kappa shape index (κ1) is 17.1. The van der Waals surface area contributed by atoms with E-state index in [1.54, 1.807) is 38.1 Å². The van der Waals surface area contributed by atoms with Gasteiger partial charge in [0.2, 0.25) is 10.0 Å². The molecule has 0 aliphatic carbocycles. The van der Waals surface area contributed by atoms with Crippen LogP contribution >= 0.6 is 0 Å². The summed E-state index contributed by atoms with van der Waals surface area (Å²) in [5.41, 5.74) is 1.55. The number of sulfonamides is 1. The van der Waals surface area contributed by atoms with Crippen LogP contribution < -0.4 is 10.0 Å². The van der Waals surface area contributed by atoms with Gasteiger partial charge in [-0.15, -0.1) is 0 Å². The average molecular weight is 337 g/mol. The maximum absolute atomic E-state index is 12.1. The number of hydrogen-bond acceptors (Lipinski definition) is 5. The van der Waals surface area contributed by atoms with E-state index in [2.05, 4.69) is 25.4 Å². The van der Waals surface area contributed by atoms with E-state index in [9.17, 15) is 13.2 Å². The molecule has 1 aromatic carbocycles. The Morgan fingerprint density at radius 1 is 1.26 bits per heavy atom. The topological polar surface area (TPSA) is 117 Å². The molecule has 1 aromatic heterocycles. The standard InChI is InChI=1S/C14H19N5O3S/c1-10(2)18-23(21,22)9-12-6-4-3-5-11(12)7-15-14(20)13-8-16-19-17-13/h3-6,8,10,18H,7,9H2,1-2H3,(H,15,20)(H,16,17,19). The summed E-state index contributed by atoms with van der Waals surface area (Å²) in [5, 5.41) is 12.3. The van der Waals surface area contributed by atoms with Crippen molar-refractivity contribution < 1.29 is 13.2 Å². The van der Waals surface area contributed by atoms with E-state index >= 15 is 0 Å². The van der Waals surface area contributed by atoms with Gasteiger partial charge in [0.05, 0.1) is 11.9 Å². The van der Waals surface area contributed by atoms with E-state index in [1.165, 1.54) is 6.20 Å². The number of H-pyrrole nitrogens is 1. The van der Waals surface area contributed by atoms with Crippen molar-refractivity contribution in [1.29, 1.82) is 0 Å². The summed E-state index contributed by atoms with van der Waals surface area (Å²) >= 11 is 0. The molecule has 3 N–H and O–H groups in total. The number of carbonyl (C=O) groups is 1. The molecule has 0 aliphatic rings. The molecule has 23 heavy (non-hydrogen) atoms. The van der Waals surface area contributed by atoms with Crippen LogP contribution in [0.3, 0.4) is 0 Å². The zero-order valence-electron chi connectivity index (χ0n) is 12.9. The molecule has 2 rings (SSSR count). The molecular weight excluding hydrogens is 318 g/mol. The number of benzene rings is 1. The van der Waals surface area contributed by atoms with Gasteiger partial charge in [-0.2, -0.15) is 15.4 Å². The highest BCUT2D eigenvalue weighted by atomic mass is 32.2. The molecule has 8 nitrogen and oxygen atoms in total. The molecule has 124 valence electrons. The highest BCUT2D eigenvalue weighted by Gasteiger charge is 2.16. The van der Waals surface area contributed by atoms with Crippen molar-refractivity contribution in [3.8, 4) is 0 Å². The molecule has 2 aromatic rings. The van der Waals surface area contributed by atoms with E-state index in [4.69, 9.17) is 0 Å². The molecule has 0 bridgehead atoms. The van der Waals surface area contributed by atoms with Crippen molar-refractivity contribution in [3.05, 3.63) is 47.3 Å². The van der Waals surface area contributed by atoms with Gasteiger partial charge in [0.15, 0.2) is 5.69 Å². The largest absolute Gasteiger partial charge is 0.347 e. The summed E-state index contributed by atoms with van der Waals surface area (Å²) < 4.78 is 26.7. The van der Waals surface area contributed by atoms with Gasteiger partial charge in [0.25, 0.3) is 5.91 Å². The van der Waals surface area contributed by atoms with Gasteiger partial charge >= 0.3 is 0 Å². The predicted molar refractivity (Wildman–Crippen MR) is 84.9 cm³/mol. The van der Waals surface area contributed by atoms with Crippen molar-refractivity contribution >= 4 is 15.9 Å². The molecule has 9 heteroatoms. The van der Waals surface area contributed by atoms with Gasteiger partial charge in [-0.1, -0.05) is 24.3 Å². The summed E-state index contributed by atoms with van der Waals surface area (Å²) in [6.07, 6.45) is 1.32. The summed E-state index contributed by atoms with van der Waals surface area (Å²) in [6, 6.07) is 6.91. The summed E-state index contributed by atoms with van der Waals surface area (Å²) in [5.74, 6) is -0.516. The van der Waals surface area contributed by atoms with Crippen LogP contribution in [0.1, 0.15) is 35.5 Å². The summed E-state index contributed by atoms with van der Waals surface area (Å²) in [7, 11) is -3.43. The molecular formula is C14H19N5O3S. The first-order valence-electron chi connectivity index (χ1n) is 7.08. The Morgan fingerprint density at radius 2 is 1.96 bits per heavy atom. The van der Waals surface area contributed by atoms with Gasteiger partial charge in [0.1, 0.15) is 0 Å². The van der Waals surface area contributed by atoms with E-state index in [1.807, 2.05) is 0 Å². The van der Waals surface area contributed by atoms with Crippen molar-refractivity contribution in [3.63, 3.8) is 0 Å². The molecule has 0 atom stereocenters. The van der Waals surface area contributed by atoms with Crippen LogP contribution in [0.15, 0.2) is 30.5 Å². The van der Waals surface area contributed by atoms with E-state index < -0.39 is 10.0 Å². The Kier molecular flexibility index (Phi) is 5.45. The van der Waals surface area contributed by atoms with Crippen molar-refractivity contribution in [1.82, 2.24) is 25.4 Å². The fourth-order valence-corrected chi connectivity index (χ4v) is 3.55. The molecule has 0 aliphatic heterocycles. The Balaban J connectivity index is 2.07. The Morgan fingerprint density at radius 3 is 2.57 bits per heavy atom. The zero-order valence-corrected chi connectivity index (χ0v) is 13.7. The molecule has 0 unspecified atom stereocenters. The van der Waals surface area contributed by atoms with Crippen molar-refractivity contribution in [2.45, 2.75) is 32.2 Å². The van der Waals surface area contributed by atoms with Crippen LogP contribution in [-0.4, -0.2) is 35.8 Å². The highest BCUT2D eigenvalue weighted by Crippen LogP contribution is 2.12. The second-order valence-corrected chi connectivity index (χ2v) is 7.09. The number of aromatic amines is 1. The van der Waals surface area contributed by atoms with E-state index in [0.717, 1.165) is 5.56 Å². The quantitative estimate of drug-likeness (QED) is 0.682. The number of nitrogens with one attached hydrogen (secondary N) is 3. The number of carbonyl (C=O) groups excluding carboxylic acids is 1. The maximum Gasteiger partial charge on any atom is 0.273 e. The minimum Gasteiger partial charge on any atom is -0.347 e. The lowest BCUT2D eigenvalue weighted by atomic mass is 10.1. The lowest BCUT2D eigenvalue weighted by molar-refractivity contribution is 0.0946. The number of nitrogens with zero attached hydrogens (tertiary/aromatic N) is 2. The number of rotatable bonds is 7. The van der Waals surface area contributed by atoms with Crippen LogP contribution in [0.4, 0.5) is 0 Å². The lowest BCUT2D eigenvalue weighted by Crippen LogP contribution is -2.32. The summed E-state index contributed by atoms with van der Waals surface area (Å²) in [6.45, 7) is 3.74. The molecule has 0 saturated heterocycles. The first-order valence-corrected chi connectivity index (χ1v) is 8.73. The van der Waals surface area contributed by atoms with Gasteiger partial charge in [-0.05, 0) is 25.0 Å². The number of aromatic nitrogens is 3. The van der Waals surface area contributed by atoms with E-state index in [-0.39, 0.29) is 29.9 Å². The van der Waals surface area contributed by atoms with Gasteiger partial charge in [0, 0.05) is 12.6 Å². The first-order chi connectivity index (χ1) is 10.9. The highest BCUT2D eigenvalue weighted by molar-refractivity contribution is 7.88. The molecule has 1 amide bonds. The predicted octanol–water partition coefficient (Wildman–Crippen LogP) is 0.563. The minimum atomic E-state index is -3.43. The number of hydrogen-bond donors (Lipinski definition) is 3. The van der Waals surface area contributed by atoms with Crippen LogP contribution in [0.5, 0.6) is 0 Å². The van der Waals surface area contributed by atoms with Gasteiger partial charge in [-0.3, -0.25) is 4.79 Å². The third-order valence-corrected chi connectivity index (χ3v) is 4.49. The summed E-state index contributed by atoms with van der Waals surface area (Å²) in [4.78, 5) is 11.9. The normalized spacial score (nSPS) is 11.6. The van der Waals surface area contributed by atoms with Gasteiger partial charge in [-0.25, -0.2) is 13.1 Å². The molecule has 0 saturated carbocycles. The van der Waals surface area contributed by atoms with Crippen LogP contribution in [0, 0.1) is 0 Å². The zero-order chi connectivity index (χ0) is 16.9. The Labute approximate surface area is 134 Å². The smallest absolute Gasteiger partial charge is 0.273 e. The monoisotopic (exact) mass is 337 g/mol. The lowest BCUT2D eigenvalue weighted by Gasteiger charge is -2.13. The average Bonchev–Trinajstić information content (AvgIpc) is 2.98. The molecule has 0 fully saturated rings. The van der Waals surface area contributed by atoms with Crippen molar-refractivity contribution in [2.75, 3.05) is 0 Å². The Hall–Kier alpha value is -2.26. The fourth-order valence-electron chi connectivity index (χ4n) is 2.05. The third-order valence-electron chi connectivity index (χ3n) is 2.97. The SMILES string of the molecule is CC(C)NS(=O)(=O)Cc1ccccc1CNC(=O)c1cn[nH]n1. The number of amides is 1. The third kappa shape index (κ3) is 5.15. The van der Waals surface area contributed by atoms with Crippen LogP contribution in [-0.2, 0) is 22.3 Å². The second-order valence-electron chi connectivity index (χ2n) is 5.34.